The molecule has 0 radical (unpaired) electrons. The molecule has 0 spiro atoms. The van der Waals surface area contributed by atoms with E-state index in [1.165, 1.54) is 25.1 Å². The largest absolute Gasteiger partial charge is 0.478 e. The number of benzene rings is 1. The maximum atomic E-state index is 11.0. The van der Waals surface area contributed by atoms with Crippen molar-refractivity contribution in [1.82, 2.24) is 0 Å². The van der Waals surface area contributed by atoms with E-state index in [1.807, 2.05) is 0 Å². The number of ketones is 1. The second-order valence-electron chi connectivity index (χ2n) is 2.80. The van der Waals surface area contributed by atoms with Crippen LogP contribution in [-0.4, -0.2) is 16.9 Å². The van der Waals surface area contributed by atoms with Gasteiger partial charge in [-0.25, -0.2) is 4.79 Å². The van der Waals surface area contributed by atoms with Gasteiger partial charge < -0.3 is 10.5 Å². The lowest BCUT2D eigenvalue weighted by molar-refractivity contribution is 0.0697. The Morgan fingerprint density at radius 1 is 1.29 bits per heavy atom. The molecule has 0 unspecified atom stereocenters. The standard InChI is InChI=1S/C9H10N2O3/c1-5(12)6-2-7(9(13)14)4-8(3-6)11-10/h2-4,11H,10H2,1H3,(H,13,14). The number of hydrogen-bond donors (Lipinski definition) is 3. The van der Waals surface area contributed by atoms with Crippen LogP contribution in [0.15, 0.2) is 18.2 Å². The molecule has 74 valence electrons. The predicted octanol–water partition coefficient (Wildman–Crippen LogP) is 0.873. The molecule has 0 bridgehead atoms. The van der Waals surface area contributed by atoms with Crippen LogP contribution in [0.3, 0.4) is 0 Å². The Morgan fingerprint density at radius 3 is 2.29 bits per heavy atom. The number of carboxylic acids is 1. The summed E-state index contributed by atoms with van der Waals surface area (Å²) in [7, 11) is 0. The number of rotatable bonds is 3. The van der Waals surface area contributed by atoms with Crippen molar-refractivity contribution in [3.05, 3.63) is 29.3 Å². The zero-order chi connectivity index (χ0) is 10.7. The fourth-order valence-corrected chi connectivity index (χ4v) is 1.04. The first kappa shape index (κ1) is 10.2. The minimum absolute atomic E-state index is 0.0330. The molecule has 0 amide bonds. The molecule has 1 aromatic rings. The summed E-state index contributed by atoms with van der Waals surface area (Å²) in [5.74, 6) is 3.84. The number of carbonyl (C=O) groups is 2. The second kappa shape index (κ2) is 3.89. The average molecular weight is 194 g/mol. The Hall–Kier alpha value is -1.88. The van der Waals surface area contributed by atoms with Crippen molar-refractivity contribution in [2.24, 2.45) is 5.84 Å². The number of Topliss-reactive ketones (excluding diaryl/α,β-unsaturated/α-hetero) is 1. The number of nitrogens with one attached hydrogen (secondary N) is 1. The van der Waals surface area contributed by atoms with Crippen LogP contribution in [-0.2, 0) is 0 Å². The third-order valence-corrected chi connectivity index (χ3v) is 1.75. The smallest absolute Gasteiger partial charge is 0.335 e. The molecule has 0 aliphatic carbocycles. The Balaban J connectivity index is 3.27. The van der Waals surface area contributed by atoms with E-state index in [-0.39, 0.29) is 11.3 Å². The molecular formula is C9H10N2O3. The van der Waals surface area contributed by atoms with Crippen molar-refractivity contribution < 1.29 is 14.7 Å². The minimum atomic E-state index is -1.09. The molecule has 0 aromatic heterocycles. The Kier molecular flexibility index (Phi) is 2.83. The molecule has 1 rings (SSSR count). The number of aromatic carboxylic acids is 1. The van der Waals surface area contributed by atoms with Crippen molar-refractivity contribution in [2.45, 2.75) is 6.92 Å². The summed E-state index contributed by atoms with van der Waals surface area (Å²) < 4.78 is 0. The van der Waals surface area contributed by atoms with Crippen LogP contribution in [0.5, 0.6) is 0 Å². The van der Waals surface area contributed by atoms with Crippen LogP contribution < -0.4 is 11.3 Å². The van der Waals surface area contributed by atoms with E-state index < -0.39 is 5.97 Å². The highest BCUT2D eigenvalue weighted by atomic mass is 16.4. The quantitative estimate of drug-likeness (QED) is 0.377. The number of nitrogens with two attached hydrogens (primary N) is 1. The summed E-state index contributed by atoms with van der Waals surface area (Å²) in [6.07, 6.45) is 0. The molecule has 0 fully saturated rings. The van der Waals surface area contributed by atoms with Crippen molar-refractivity contribution >= 4 is 17.4 Å². The number of hydrazine groups is 1. The highest BCUT2D eigenvalue weighted by molar-refractivity contribution is 5.98. The summed E-state index contributed by atoms with van der Waals surface area (Å²) >= 11 is 0. The van der Waals surface area contributed by atoms with E-state index in [0.717, 1.165) is 0 Å². The van der Waals surface area contributed by atoms with Gasteiger partial charge in [0.25, 0.3) is 0 Å². The lowest BCUT2D eigenvalue weighted by Crippen LogP contribution is -2.09. The normalized spacial score (nSPS) is 9.57. The maximum Gasteiger partial charge on any atom is 0.335 e. The van der Waals surface area contributed by atoms with Crippen molar-refractivity contribution in [3.63, 3.8) is 0 Å². The molecule has 0 saturated carbocycles. The van der Waals surface area contributed by atoms with Crippen molar-refractivity contribution in [1.29, 1.82) is 0 Å². The van der Waals surface area contributed by atoms with Crippen LogP contribution in [0.4, 0.5) is 5.69 Å². The summed E-state index contributed by atoms with van der Waals surface area (Å²) in [6.45, 7) is 1.36. The van der Waals surface area contributed by atoms with E-state index in [4.69, 9.17) is 10.9 Å². The predicted molar refractivity (Wildman–Crippen MR) is 51.2 cm³/mol. The Bertz CT molecular complexity index is 355. The number of carbonyl (C=O) groups excluding carboxylic acids is 1. The Labute approximate surface area is 80.5 Å². The van der Waals surface area contributed by atoms with Gasteiger partial charge in [-0.1, -0.05) is 0 Å². The van der Waals surface area contributed by atoms with E-state index in [2.05, 4.69) is 5.43 Å². The molecular weight excluding hydrogens is 184 g/mol. The maximum absolute atomic E-state index is 11.0. The van der Waals surface area contributed by atoms with Gasteiger partial charge in [0.2, 0.25) is 0 Å². The van der Waals surface area contributed by atoms with Crippen LogP contribution >= 0.6 is 0 Å². The van der Waals surface area contributed by atoms with Gasteiger partial charge in [0.1, 0.15) is 0 Å². The third kappa shape index (κ3) is 2.08. The molecule has 4 N–H and O–H groups in total. The van der Waals surface area contributed by atoms with Gasteiger partial charge in [-0.3, -0.25) is 10.6 Å². The first-order valence-corrected chi connectivity index (χ1v) is 3.90. The van der Waals surface area contributed by atoms with Crippen LogP contribution in [0.2, 0.25) is 0 Å². The van der Waals surface area contributed by atoms with E-state index in [9.17, 15) is 9.59 Å². The SMILES string of the molecule is CC(=O)c1cc(NN)cc(C(=O)O)c1. The van der Waals surface area contributed by atoms with Gasteiger partial charge in [0.05, 0.1) is 11.3 Å². The van der Waals surface area contributed by atoms with E-state index >= 15 is 0 Å². The van der Waals surface area contributed by atoms with Crippen LogP contribution in [0.1, 0.15) is 27.6 Å². The Morgan fingerprint density at radius 2 is 1.86 bits per heavy atom. The minimum Gasteiger partial charge on any atom is -0.478 e. The summed E-state index contributed by atoms with van der Waals surface area (Å²) in [6, 6.07) is 4.16. The van der Waals surface area contributed by atoms with Crippen molar-refractivity contribution in [2.75, 3.05) is 5.43 Å². The van der Waals surface area contributed by atoms with Gasteiger partial charge in [0, 0.05) is 5.56 Å². The topological polar surface area (TPSA) is 92.4 Å². The first-order chi connectivity index (χ1) is 6.54. The average Bonchev–Trinajstić information content (AvgIpc) is 2.16. The first-order valence-electron chi connectivity index (χ1n) is 3.90. The molecule has 5 nitrogen and oxygen atoms in total. The molecule has 14 heavy (non-hydrogen) atoms. The van der Waals surface area contributed by atoms with Gasteiger partial charge in [-0.15, -0.1) is 0 Å². The van der Waals surface area contributed by atoms with Gasteiger partial charge in [-0.05, 0) is 25.1 Å². The molecule has 0 aliphatic heterocycles. The molecule has 0 saturated heterocycles. The molecule has 0 atom stereocenters. The van der Waals surface area contributed by atoms with Gasteiger partial charge >= 0.3 is 5.97 Å². The molecule has 1 aromatic carbocycles. The molecule has 0 aliphatic rings. The highest BCUT2D eigenvalue weighted by Gasteiger charge is 2.08. The fourth-order valence-electron chi connectivity index (χ4n) is 1.04. The van der Waals surface area contributed by atoms with Gasteiger partial charge in [0.15, 0.2) is 5.78 Å². The monoisotopic (exact) mass is 194 g/mol. The summed E-state index contributed by atoms with van der Waals surface area (Å²) in [5, 5.41) is 8.73. The number of nitrogen functional groups attached to an aromatic ring is 1. The third-order valence-electron chi connectivity index (χ3n) is 1.75. The molecule has 0 heterocycles. The number of anilines is 1. The molecule has 5 heteroatoms. The number of carboxylic acid groups (broad SMARTS) is 1. The van der Waals surface area contributed by atoms with Gasteiger partial charge in [-0.2, -0.15) is 0 Å². The zero-order valence-corrected chi connectivity index (χ0v) is 7.57. The summed E-state index contributed by atoms with van der Waals surface area (Å²) in [5.41, 5.74) is 3.05. The van der Waals surface area contributed by atoms with Crippen LogP contribution in [0.25, 0.3) is 0 Å². The highest BCUT2D eigenvalue weighted by Crippen LogP contribution is 2.14. The zero-order valence-electron chi connectivity index (χ0n) is 7.57. The van der Waals surface area contributed by atoms with Crippen LogP contribution in [0, 0.1) is 0 Å². The lowest BCUT2D eigenvalue weighted by Gasteiger charge is -2.04. The van der Waals surface area contributed by atoms with Crippen molar-refractivity contribution in [3.8, 4) is 0 Å². The summed E-state index contributed by atoms with van der Waals surface area (Å²) in [4.78, 5) is 21.7. The second-order valence-corrected chi connectivity index (χ2v) is 2.80. The number of hydrogen-bond acceptors (Lipinski definition) is 4. The fraction of sp³-hybridized carbons (Fsp3) is 0.111. The lowest BCUT2D eigenvalue weighted by atomic mass is 10.1. The van der Waals surface area contributed by atoms with E-state index in [1.54, 1.807) is 0 Å². The van der Waals surface area contributed by atoms with E-state index in [0.29, 0.717) is 11.3 Å².